The standard InChI is InChI=1S/C7H8F2OS/c1-4-3-6(5(2)11-4)10-7(8)9/h3,7H,1-2H3. The maximum absolute atomic E-state index is 11.7. The predicted molar refractivity (Wildman–Crippen MR) is 40.4 cm³/mol. The lowest BCUT2D eigenvalue weighted by Gasteiger charge is -2.00. The monoisotopic (exact) mass is 178 g/mol. The van der Waals surface area contributed by atoms with Crippen molar-refractivity contribution in [3.63, 3.8) is 0 Å². The summed E-state index contributed by atoms with van der Waals surface area (Å²) >= 11 is 1.45. The molecule has 1 aromatic heterocycles. The van der Waals surface area contributed by atoms with Crippen LogP contribution in [0.5, 0.6) is 5.75 Å². The first-order valence-electron chi connectivity index (χ1n) is 3.11. The normalized spacial score (nSPS) is 10.6. The number of halogens is 2. The summed E-state index contributed by atoms with van der Waals surface area (Å²) in [5.41, 5.74) is 0. The van der Waals surface area contributed by atoms with E-state index in [4.69, 9.17) is 0 Å². The van der Waals surface area contributed by atoms with Gasteiger partial charge in [0.05, 0.1) is 0 Å². The number of thiophene rings is 1. The molecule has 0 fully saturated rings. The van der Waals surface area contributed by atoms with E-state index in [1.807, 2.05) is 6.92 Å². The highest BCUT2D eigenvalue weighted by Gasteiger charge is 2.08. The van der Waals surface area contributed by atoms with Gasteiger partial charge in [-0.25, -0.2) is 0 Å². The van der Waals surface area contributed by atoms with Crippen molar-refractivity contribution in [3.05, 3.63) is 15.8 Å². The SMILES string of the molecule is Cc1cc(OC(F)F)c(C)s1. The Morgan fingerprint density at radius 1 is 1.45 bits per heavy atom. The molecule has 11 heavy (non-hydrogen) atoms. The van der Waals surface area contributed by atoms with Gasteiger partial charge in [-0.15, -0.1) is 11.3 Å². The average molecular weight is 178 g/mol. The summed E-state index contributed by atoms with van der Waals surface area (Å²) in [6, 6.07) is 1.62. The number of hydrogen-bond donors (Lipinski definition) is 0. The lowest BCUT2D eigenvalue weighted by Crippen LogP contribution is -2.01. The molecule has 0 amide bonds. The zero-order valence-electron chi connectivity index (χ0n) is 6.23. The molecular weight excluding hydrogens is 170 g/mol. The molecule has 1 aromatic rings. The van der Waals surface area contributed by atoms with Gasteiger partial charge in [0.15, 0.2) is 0 Å². The summed E-state index contributed by atoms with van der Waals surface area (Å²) in [6.45, 7) is 0.897. The summed E-state index contributed by atoms with van der Waals surface area (Å²) in [7, 11) is 0. The molecule has 0 bridgehead atoms. The van der Waals surface area contributed by atoms with Gasteiger partial charge in [0.25, 0.3) is 0 Å². The van der Waals surface area contributed by atoms with Crippen LogP contribution in [0, 0.1) is 13.8 Å². The smallest absolute Gasteiger partial charge is 0.387 e. The van der Waals surface area contributed by atoms with Gasteiger partial charge in [-0.2, -0.15) is 8.78 Å². The minimum Gasteiger partial charge on any atom is -0.434 e. The number of hydrogen-bond acceptors (Lipinski definition) is 2. The predicted octanol–water partition coefficient (Wildman–Crippen LogP) is 2.97. The van der Waals surface area contributed by atoms with Gasteiger partial charge in [-0.1, -0.05) is 0 Å². The zero-order chi connectivity index (χ0) is 8.43. The van der Waals surface area contributed by atoms with Crippen LogP contribution < -0.4 is 4.74 Å². The Labute approximate surface area is 67.6 Å². The van der Waals surface area contributed by atoms with Gasteiger partial charge in [0.1, 0.15) is 5.75 Å². The largest absolute Gasteiger partial charge is 0.434 e. The van der Waals surface area contributed by atoms with Gasteiger partial charge in [-0.3, -0.25) is 0 Å². The number of alkyl halides is 2. The first-order valence-corrected chi connectivity index (χ1v) is 3.93. The van der Waals surface area contributed by atoms with Crippen LogP contribution in [0.1, 0.15) is 9.75 Å². The molecule has 0 N–H and O–H groups in total. The van der Waals surface area contributed by atoms with E-state index in [-0.39, 0.29) is 0 Å². The fourth-order valence-corrected chi connectivity index (χ4v) is 1.68. The molecule has 0 unspecified atom stereocenters. The molecule has 0 aliphatic heterocycles. The summed E-state index contributed by atoms with van der Waals surface area (Å²) < 4.78 is 27.6. The molecule has 1 nitrogen and oxygen atoms in total. The van der Waals surface area contributed by atoms with E-state index in [0.29, 0.717) is 5.75 Å². The molecule has 0 saturated carbocycles. The summed E-state index contributed by atoms with van der Waals surface area (Å²) in [6.07, 6.45) is 0. The molecule has 0 aliphatic rings. The third-order valence-electron chi connectivity index (χ3n) is 1.21. The number of rotatable bonds is 2. The maximum atomic E-state index is 11.7. The van der Waals surface area contributed by atoms with E-state index in [9.17, 15) is 8.78 Å². The van der Waals surface area contributed by atoms with Crippen molar-refractivity contribution in [1.29, 1.82) is 0 Å². The van der Waals surface area contributed by atoms with Crippen molar-refractivity contribution >= 4 is 11.3 Å². The van der Waals surface area contributed by atoms with Crippen molar-refractivity contribution in [2.75, 3.05) is 0 Å². The van der Waals surface area contributed by atoms with Crippen molar-refractivity contribution < 1.29 is 13.5 Å². The third-order valence-corrected chi connectivity index (χ3v) is 2.16. The Kier molecular flexibility index (Phi) is 2.44. The average Bonchev–Trinajstić information content (AvgIpc) is 2.09. The van der Waals surface area contributed by atoms with E-state index >= 15 is 0 Å². The van der Waals surface area contributed by atoms with E-state index in [0.717, 1.165) is 9.75 Å². The molecule has 62 valence electrons. The van der Waals surface area contributed by atoms with Crippen LogP contribution in [0.25, 0.3) is 0 Å². The van der Waals surface area contributed by atoms with Gasteiger partial charge < -0.3 is 4.74 Å². The highest BCUT2D eigenvalue weighted by molar-refractivity contribution is 7.12. The Hall–Kier alpha value is -0.640. The molecule has 0 aromatic carbocycles. The molecule has 1 rings (SSSR count). The van der Waals surface area contributed by atoms with Crippen LogP contribution in [-0.2, 0) is 0 Å². The maximum Gasteiger partial charge on any atom is 0.387 e. The summed E-state index contributed by atoms with van der Waals surface area (Å²) in [5, 5.41) is 0. The third kappa shape index (κ3) is 2.15. The fraction of sp³-hybridized carbons (Fsp3) is 0.429. The summed E-state index contributed by atoms with van der Waals surface area (Å²) in [4.78, 5) is 1.78. The van der Waals surface area contributed by atoms with Crippen molar-refractivity contribution in [3.8, 4) is 5.75 Å². The number of ether oxygens (including phenoxy) is 1. The Balaban J connectivity index is 2.77. The Morgan fingerprint density at radius 3 is 2.45 bits per heavy atom. The topological polar surface area (TPSA) is 9.23 Å². The van der Waals surface area contributed by atoms with Gasteiger partial charge in [0, 0.05) is 9.75 Å². The first-order chi connectivity index (χ1) is 5.09. The van der Waals surface area contributed by atoms with Crippen molar-refractivity contribution in [2.45, 2.75) is 20.5 Å². The molecule has 0 radical (unpaired) electrons. The minimum absolute atomic E-state index is 0.294. The lowest BCUT2D eigenvalue weighted by molar-refractivity contribution is -0.0499. The highest BCUT2D eigenvalue weighted by Crippen LogP contribution is 2.28. The van der Waals surface area contributed by atoms with E-state index in [1.165, 1.54) is 11.3 Å². The highest BCUT2D eigenvalue weighted by atomic mass is 32.1. The minimum atomic E-state index is -2.72. The van der Waals surface area contributed by atoms with E-state index in [1.54, 1.807) is 13.0 Å². The Bertz CT molecular complexity index is 245. The molecule has 0 saturated heterocycles. The lowest BCUT2D eigenvalue weighted by atomic mass is 10.4. The van der Waals surface area contributed by atoms with Crippen LogP contribution in [0.3, 0.4) is 0 Å². The molecular formula is C7H8F2OS. The molecule has 1 heterocycles. The molecule has 0 spiro atoms. The van der Waals surface area contributed by atoms with Gasteiger partial charge in [0.2, 0.25) is 0 Å². The second-order valence-corrected chi connectivity index (χ2v) is 3.62. The molecule has 4 heteroatoms. The van der Waals surface area contributed by atoms with Crippen LogP contribution in [0.2, 0.25) is 0 Å². The van der Waals surface area contributed by atoms with Crippen LogP contribution in [-0.4, -0.2) is 6.61 Å². The van der Waals surface area contributed by atoms with Crippen molar-refractivity contribution in [2.24, 2.45) is 0 Å². The number of aryl methyl sites for hydroxylation is 2. The zero-order valence-corrected chi connectivity index (χ0v) is 7.04. The fourth-order valence-electron chi connectivity index (χ4n) is 0.820. The van der Waals surface area contributed by atoms with E-state index in [2.05, 4.69) is 4.74 Å². The second-order valence-electron chi connectivity index (χ2n) is 2.16. The molecule has 0 aliphatic carbocycles. The van der Waals surface area contributed by atoms with Crippen LogP contribution >= 0.6 is 11.3 Å². The Morgan fingerprint density at radius 2 is 2.09 bits per heavy atom. The van der Waals surface area contributed by atoms with Crippen molar-refractivity contribution in [1.82, 2.24) is 0 Å². The second kappa shape index (κ2) is 3.17. The van der Waals surface area contributed by atoms with Crippen LogP contribution in [0.15, 0.2) is 6.07 Å². The van der Waals surface area contributed by atoms with E-state index < -0.39 is 6.61 Å². The molecule has 0 atom stereocenters. The van der Waals surface area contributed by atoms with Gasteiger partial charge >= 0.3 is 6.61 Å². The van der Waals surface area contributed by atoms with Crippen LogP contribution in [0.4, 0.5) is 8.78 Å². The van der Waals surface area contributed by atoms with Gasteiger partial charge in [-0.05, 0) is 19.9 Å². The quantitative estimate of drug-likeness (QED) is 0.676. The first kappa shape index (κ1) is 8.46. The summed E-state index contributed by atoms with van der Waals surface area (Å²) in [5.74, 6) is 0.294.